The molecule has 0 aliphatic heterocycles. The van der Waals surface area contributed by atoms with Gasteiger partial charge in [-0.2, -0.15) is 0 Å². The van der Waals surface area contributed by atoms with Crippen LogP contribution in [0.3, 0.4) is 0 Å². The highest BCUT2D eigenvalue weighted by molar-refractivity contribution is 4.79. The Kier molecular flexibility index (Phi) is 32.0. The highest BCUT2D eigenvalue weighted by atomic mass is 16.6. The van der Waals surface area contributed by atoms with Crippen LogP contribution in [-0.4, -0.2) is 230 Å². The minimum absolute atomic E-state index is 0.0478. The first-order chi connectivity index (χ1) is 24.9. The number of ether oxygens (including phenoxy) is 7. The van der Waals surface area contributed by atoms with Crippen molar-refractivity contribution >= 4 is 0 Å². The van der Waals surface area contributed by atoms with Crippen molar-refractivity contribution in [2.75, 3.05) is 126 Å². The molecule has 19 nitrogen and oxygen atoms in total. The Morgan fingerprint density at radius 3 is 1.06 bits per heavy atom. The number of aliphatic hydroxyl groups is 12. The lowest BCUT2D eigenvalue weighted by Crippen LogP contribution is -2.40. The third-order valence-electron chi connectivity index (χ3n) is 7.93. The van der Waals surface area contributed by atoms with Crippen LogP contribution >= 0.6 is 0 Å². The smallest absolute Gasteiger partial charge is 0.104 e. The molecule has 0 radical (unpaired) electrons. The van der Waals surface area contributed by atoms with Crippen LogP contribution in [0, 0.1) is 17.3 Å². The van der Waals surface area contributed by atoms with Crippen LogP contribution in [-0.2, 0) is 33.2 Å². The average Bonchev–Trinajstić information content (AvgIpc) is 3.15. The third kappa shape index (κ3) is 26.1. The second-order valence-corrected chi connectivity index (χ2v) is 13.2. The largest absolute Gasteiger partial charge is 0.394 e. The normalized spacial score (nSPS) is 18.6. The summed E-state index contributed by atoms with van der Waals surface area (Å²) < 4.78 is 40.3. The molecular formula is C33H68O19. The Labute approximate surface area is 306 Å². The predicted octanol–water partition coefficient (Wildman–Crippen LogP) is -5.00. The molecule has 0 spiro atoms. The molecule has 0 aromatic heterocycles. The van der Waals surface area contributed by atoms with Gasteiger partial charge in [0, 0.05) is 17.3 Å². The fourth-order valence-corrected chi connectivity index (χ4v) is 4.69. The zero-order valence-corrected chi connectivity index (χ0v) is 30.5. The Bertz CT molecular complexity index is 748. The SMILES string of the molecule is CCC(COCC(COCC(O)CO)CC(O)CO)(COCC(COCC(O)CO)CC(O)CO)COCC(COCC(O)CO)OCC(O)CO. The van der Waals surface area contributed by atoms with E-state index in [4.69, 9.17) is 48.5 Å². The lowest BCUT2D eigenvalue weighted by Gasteiger charge is -2.34. The van der Waals surface area contributed by atoms with E-state index in [-0.39, 0.29) is 98.7 Å². The van der Waals surface area contributed by atoms with Crippen molar-refractivity contribution in [1.82, 2.24) is 0 Å². The van der Waals surface area contributed by atoms with E-state index in [1.54, 1.807) is 0 Å². The van der Waals surface area contributed by atoms with Gasteiger partial charge in [-0.25, -0.2) is 0 Å². The van der Waals surface area contributed by atoms with Crippen molar-refractivity contribution < 1.29 is 94.4 Å². The highest BCUT2D eigenvalue weighted by Gasteiger charge is 2.32. The minimum atomic E-state index is -1.15. The zero-order chi connectivity index (χ0) is 39.2. The first-order valence-corrected chi connectivity index (χ1v) is 17.7. The van der Waals surface area contributed by atoms with Crippen molar-refractivity contribution in [3.05, 3.63) is 0 Å². The van der Waals surface area contributed by atoms with Gasteiger partial charge in [0.25, 0.3) is 0 Å². The van der Waals surface area contributed by atoms with Crippen molar-refractivity contribution in [2.24, 2.45) is 17.3 Å². The summed E-state index contributed by atoms with van der Waals surface area (Å²) in [6, 6.07) is 0. The number of hydrogen-bond acceptors (Lipinski definition) is 19. The molecular weight excluding hydrogens is 700 g/mol. The van der Waals surface area contributed by atoms with Gasteiger partial charge in [-0.1, -0.05) is 6.92 Å². The molecule has 314 valence electrons. The zero-order valence-electron chi connectivity index (χ0n) is 30.5. The van der Waals surface area contributed by atoms with Gasteiger partial charge in [-0.05, 0) is 19.3 Å². The van der Waals surface area contributed by atoms with Crippen LogP contribution in [0.4, 0.5) is 0 Å². The maximum Gasteiger partial charge on any atom is 0.104 e. The molecule has 0 rings (SSSR count). The Balaban J connectivity index is 5.82. The summed E-state index contributed by atoms with van der Waals surface area (Å²) in [5, 5.41) is 114. The lowest BCUT2D eigenvalue weighted by molar-refractivity contribution is -0.124. The minimum Gasteiger partial charge on any atom is -0.394 e. The predicted molar refractivity (Wildman–Crippen MR) is 182 cm³/mol. The van der Waals surface area contributed by atoms with Gasteiger partial charge < -0.3 is 94.4 Å². The Morgan fingerprint density at radius 2 is 0.692 bits per heavy atom. The number of hydrogen-bond donors (Lipinski definition) is 12. The average molecular weight is 769 g/mol. The molecule has 9 unspecified atom stereocenters. The molecule has 0 aliphatic rings. The lowest BCUT2D eigenvalue weighted by atomic mass is 9.87. The summed E-state index contributed by atoms with van der Waals surface area (Å²) in [5.74, 6) is -0.801. The maximum absolute atomic E-state index is 10.1. The van der Waals surface area contributed by atoms with E-state index in [0.717, 1.165) is 0 Å². The molecule has 0 amide bonds. The van der Waals surface area contributed by atoms with Gasteiger partial charge in [0.1, 0.15) is 30.5 Å². The van der Waals surface area contributed by atoms with Crippen molar-refractivity contribution in [3.63, 3.8) is 0 Å². The molecule has 0 saturated carbocycles. The summed E-state index contributed by atoms with van der Waals surface area (Å²) in [4.78, 5) is 0. The first kappa shape index (κ1) is 51.2. The van der Waals surface area contributed by atoms with E-state index in [2.05, 4.69) is 0 Å². The molecule has 0 aromatic rings. The maximum atomic E-state index is 10.1. The van der Waals surface area contributed by atoms with Crippen LogP contribution in [0.15, 0.2) is 0 Å². The second kappa shape index (κ2) is 32.5. The molecule has 0 aliphatic carbocycles. The third-order valence-corrected chi connectivity index (χ3v) is 7.93. The first-order valence-electron chi connectivity index (χ1n) is 17.7. The van der Waals surface area contributed by atoms with Gasteiger partial charge in [0.2, 0.25) is 0 Å². The van der Waals surface area contributed by atoms with Crippen LogP contribution in [0.5, 0.6) is 0 Å². The standard InChI is InChI=1S/C33H68O19/c1-2-33(21-49-13-24(3-26(40)5-34)11-46-15-28(42)7-36,22-50-14-25(4-27(41)6-35)12-47-16-29(43)8-37)23-51-20-32(52-18-31(45)10-39)19-48-17-30(44)9-38/h24-32,34-45H,2-23H2,1H3. The quantitative estimate of drug-likeness (QED) is 0.0280. The fraction of sp³-hybridized carbons (Fsp3) is 1.00. The van der Waals surface area contributed by atoms with E-state index in [1.807, 2.05) is 6.92 Å². The Morgan fingerprint density at radius 1 is 0.385 bits per heavy atom. The van der Waals surface area contributed by atoms with Crippen LogP contribution in [0.2, 0.25) is 0 Å². The molecule has 0 heterocycles. The van der Waals surface area contributed by atoms with Gasteiger partial charge in [0.15, 0.2) is 0 Å². The summed E-state index contributed by atoms with van der Waals surface area (Å²) in [7, 11) is 0. The molecule has 0 aromatic carbocycles. The summed E-state index contributed by atoms with van der Waals surface area (Å²) in [6.07, 6.45) is -6.53. The molecule has 12 N–H and O–H groups in total. The van der Waals surface area contributed by atoms with Gasteiger partial charge >= 0.3 is 0 Å². The van der Waals surface area contributed by atoms with Crippen LogP contribution in [0.25, 0.3) is 0 Å². The molecule has 19 heteroatoms. The van der Waals surface area contributed by atoms with Gasteiger partial charge in [-0.15, -0.1) is 0 Å². The molecule has 0 bridgehead atoms. The van der Waals surface area contributed by atoms with E-state index in [0.29, 0.717) is 6.42 Å². The van der Waals surface area contributed by atoms with Crippen LogP contribution < -0.4 is 0 Å². The van der Waals surface area contributed by atoms with Gasteiger partial charge in [-0.3, -0.25) is 0 Å². The fourth-order valence-electron chi connectivity index (χ4n) is 4.69. The summed E-state index contributed by atoms with van der Waals surface area (Å²) in [5.41, 5.74) is -0.800. The molecule has 0 fully saturated rings. The summed E-state index contributed by atoms with van der Waals surface area (Å²) >= 11 is 0. The van der Waals surface area contributed by atoms with Crippen molar-refractivity contribution in [1.29, 1.82) is 0 Å². The van der Waals surface area contributed by atoms with E-state index >= 15 is 0 Å². The van der Waals surface area contributed by atoms with E-state index in [1.165, 1.54) is 0 Å². The topological polar surface area (TPSA) is 307 Å². The number of rotatable bonds is 38. The van der Waals surface area contributed by atoms with Crippen molar-refractivity contribution in [2.45, 2.75) is 68.9 Å². The highest BCUT2D eigenvalue weighted by Crippen LogP contribution is 2.26. The number of aliphatic hydroxyl groups excluding tert-OH is 12. The monoisotopic (exact) mass is 768 g/mol. The molecule has 52 heavy (non-hydrogen) atoms. The molecule has 0 saturated heterocycles. The van der Waals surface area contributed by atoms with Crippen molar-refractivity contribution in [3.8, 4) is 0 Å². The summed E-state index contributed by atoms with van der Waals surface area (Å²) in [6.45, 7) is -1.40. The van der Waals surface area contributed by atoms with Gasteiger partial charge in [0.05, 0.1) is 138 Å². The second-order valence-electron chi connectivity index (χ2n) is 13.2. The van der Waals surface area contributed by atoms with Crippen LogP contribution in [0.1, 0.15) is 26.2 Å². The Hall–Kier alpha value is -0.760. The van der Waals surface area contributed by atoms with E-state index < -0.39 is 99.6 Å². The van der Waals surface area contributed by atoms with E-state index in [9.17, 15) is 46.0 Å². The molecule has 9 atom stereocenters.